The number of ether oxygens (including phenoxy) is 3. The van der Waals surface area contributed by atoms with E-state index in [0.29, 0.717) is 32.5 Å². The zero-order valence-electron chi connectivity index (χ0n) is 15.6. The zero-order valence-corrected chi connectivity index (χ0v) is 15.6. The van der Waals surface area contributed by atoms with Gasteiger partial charge in [-0.25, -0.2) is 0 Å². The van der Waals surface area contributed by atoms with E-state index in [0.717, 1.165) is 0 Å². The number of rotatable bonds is 8. The molecule has 0 saturated heterocycles. The number of hydrogen-bond donors (Lipinski definition) is 1. The smallest absolute Gasteiger partial charge is 0.308 e. The van der Waals surface area contributed by atoms with Crippen LogP contribution in [0.1, 0.15) is 43.5 Å². The van der Waals surface area contributed by atoms with E-state index in [1.807, 2.05) is 0 Å². The Labute approximate surface area is 157 Å². The summed E-state index contributed by atoms with van der Waals surface area (Å²) in [6.45, 7) is 4.09. The largest absolute Gasteiger partial charge is 0.493 e. The van der Waals surface area contributed by atoms with E-state index in [9.17, 15) is 19.7 Å². The minimum atomic E-state index is -0.632. The van der Waals surface area contributed by atoms with Crippen molar-refractivity contribution < 1.29 is 28.7 Å². The van der Waals surface area contributed by atoms with Gasteiger partial charge in [-0.05, 0) is 33.1 Å². The van der Waals surface area contributed by atoms with Crippen molar-refractivity contribution in [1.29, 1.82) is 0 Å². The maximum atomic E-state index is 12.6. The van der Waals surface area contributed by atoms with Crippen LogP contribution in [0.2, 0.25) is 0 Å². The van der Waals surface area contributed by atoms with Crippen LogP contribution < -0.4 is 14.8 Å². The van der Waals surface area contributed by atoms with E-state index < -0.39 is 10.8 Å². The summed E-state index contributed by atoms with van der Waals surface area (Å²) >= 11 is 0. The SMILES string of the molecule is CCOC(=O)[C@H]1CC[C@@H](NC(=O)c2cc(OC)c(OCC)cc2[N+](=O)[O-])C1. The van der Waals surface area contributed by atoms with E-state index in [-0.39, 0.29) is 40.7 Å². The minimum Gasteiger partial charge on any atom is -0.493 e. The van der Waals surface area contributed by atoms with Gasteiger partial charge in [0, 0.05) is 12.1 Å². The molecule has 2 rings (SSSR count). The van der Waals surface area contributed by atoms with Crippen LogP contribution in [0.15, 0.2) is 12.1 Å². The number of nitrogens with zero attached hydrogens (tertiary/aromatic N) is 1. The Balaban J connectivity index is 2.18. The van der Waals surface area contributed by atoms with Crippen LogP contribution in [0.3, 0.4) is 0 Å². The van der Waals surface area contributed by atoms with Gasteiger partial charge in [-0.15, -0.1) is 0 Å². The van der Waals surface area contributed by atoms with E-state index in [2.05, 4.69) is 5.32 Å². The molecule has 0 spiro atoms. The molecule has 0 aromatic heterocycles. The summed E-state index contributed by atoms with van der Waals surface area (Å²) in [6, 6.07) is 2.24. The van der Waals surface area contributed by atoms with Crippen molar-refractivity contribution in [1.82, 2.24) is 5.32 Å². The molecule has 0 unspecified atom stereocenters. The van der Waals surface area contributed by atoms with Crippen molar-refractivity contribution in [2.24, 2.45) is 5.92 Å². The van der Waals surface area contributed by atoms with Gasteiger partial charge in [-0.3, -0.25) is 19.7 Å². The molecule has 0 aliphatic heterocycles. The first kappa shape index (κ1) is 20.5. The molecule has 2 atom stereocenters. The van der Waals surface area contributed by atoms with Crippen LogP contribution in [0.5, 0.6) is 11.5 Å². The first-order valence-electron chi connectivity index (χ1n) is 8.87. The predicted molar refractivity (Wildman–Crippen MR) is 96.0 cm³/mol. The fraction of sp³-hybridized carbons (Fsp3) is 0.556. The lowest BCUT2D eigenvalue weighted by molar-refractivity contribution is -0.385. The molecular formula is C18H24N2O7. The summed E-state index contributed by atoms with van der Waals surface area (Å²) in [5, 5.41) is 14.2. The van der Waals surface area contributed by atoms with E-state index in [1.165, 1.54) is 19.2 Å². The summed E-state index contributed by atoms with van der Waals surface area (Å²) in [5.74, 6) is -0.685. The normalized spacial score (nSPS) is 18.6. The second-order valence-electron chi connectivity index (χ2n) is 6.14. The Kier molecular flexibility index (Phi) is 6.98. The van der Waals surface area contributed by atoms with E-state index in [4.69, 9.17) is 14.2 Å². The van der Waals surface area contributed by atoms with Crippen LogP contribution in [-0.4, -0.2) is 43.2 Å². The first-order valence-corrected chi connectivity index (χ1v) is 8.87. The lowest BCUT2D eigenvalue weighted by atomic mass is 10.1. The monoisotopic (exact) mass is 380 g/mol. The number of esters is 1. The summed E-state index contributed by atoms with van der Waals surface area (Å²) in [7, 11) is 1.40. The van der Waals surface area contributed by atoms with E-state index in [1.54, 1.807) is 13.8 Å². The standard InChI is InChI=1S/C18H24N2O7/c1-4-26-16-10-14(20(23)24)13(9-15(16)25-3)17(21)19-12-7-6-11(8-12)18(22)27-5-2/h9-12H,4-8H2,1-3H3,(H,19,21)/t11-,12+/m0/s1. The van der Waals surface area contributed by atoms with Crippen molar-refractivity contribution in [3.8, 4) is 11.5 Å². The number of nitro groups is 1. The van der Waals surface area contributed by atoms with Gasteiger partial charge in [-0.2, -0.15) is 0 Å². The molecule has 1 aliphatic rings. The van der Waals surface area contributed by atoms with Gasteiger partial charge < -0.3 is 19.5 Å². The van der Waals surface area contributed by atoms with Gasteiger partial charge in [0.05, 0.1) is 37.2 Å². The fourth-order valence-electron chi connectivity index (χ4n) is 3.16. The quantitative estimate of drug-likeness (QED) is 0.418. The van der Waals surface area contributed by atoms with Gasteiger partial charge in [0.15, 0.2) is 11.5 Å². The van der Waals surface area contributed by atoms with Crippen molar-refractivity contribution >= 4 is 17.6 Å². The molecule has 0 radical (unpaired) electrons. The third kappa shape index (κ3) is 4.87. The first-order chi connectivity index (χ1) is 12.9. The van der Waals surface area contributed by atoms with Gasteiger partial charge in [0.2, 0.25) is 0 Å². The molecule has 1 amide bonds. The van der Waals surface area contributed by atoms with Crippen molar-refractivity contribution in [2.75, 3.05) is 20.3 Å². The molecule has 1 aromatic carbocycles. The van der Waals surface area contributed by atoms with E-state index >= 15 is 0 Å². The molecule has 1 aromatic rings. The summed E-state index contributed by atoms with van der Waals surface area (Å²) in [5.41, 5.74) is -0.475. The van der Waals surface area contributed by atoms with Crippen LogP contribution in [-0.2, 0) is 9.53 Å². The molecule has 1 N–H and O–H groups in total. The average Bonchev–Trinajstić information content (AvgIpc) is 3.10. The predicted octanol–water partition coefficient (Wildman–Crippen LogP) is 2.46. The third-order valence-electron chi connectivity index (χ3n) is 4.41. The molecule has 148 valence electrons. The van der Waals surface area contributed by atoms with Crippen molar-refractivity contribution in [3.63, 3.8) is 0 Å². The highest BCUT2D eigenvalue weighted by Crippen LogP contribution is 2.35. The molecule has 9 heteroatoms. The molecule has 1 saturated carbocycles. The minimum absolute atomic E-state index is 0.111. The Morgan fingerprint density at radius 1 is 1.22 bits per heavy atom. The highest BCUT2D eigenvalue weighted by atomic mass is 16.6. The Hall–Kier alpha value is -2.84. The molecular weight excluding hydrogens is 356 g/mol. The van der Waals surface area contributed by atoms with Gasteiger partial charge in [0.25, 0.3) is 11.6 Å². The highest BCUT2D eigenvalue weighted by molar-refractivity contribution is 5.99. The second kappa shape index (κ2) is 9.20. The average molecular weight is 380 g/mol. The molecule has 9 nitrogen and oxygen atoms in total. The molecule has 1 aliphatic carbocycles. The summed E-state index contributed by atoms with van der Waals surface area (Å²) < 4.78 is 15.5. The summed E-state index contributed by atoms with van der Waals surface area (Å²) in [6.07, 6.45) is 1.67. The number of carbonyl (C=O) groups excluding carboxylic acids is 2. The third-order valence-corrected chi connectivity index (χ3v) is 4.41. The second-order valence-corrected chi connectivity index (χ2v) is 6.14. The van der Waals surface area contributed by atoms with Crippen LogP contribution in [0.4, 0.5) is 5.69 Å². The van der Waals surface area contributed by atoms with Crippen LogP contribution in [0.25, 0.3) is 0 Å². The Bertz CT molecular complexity index is 720. The lowest BCUT2D eigenvalue weighted by Crippen LogP contribution is -2.34. The molecule has 0 heterocycles. The van der Waals surface area contributed by atoms with Crippen molar-refractivity contribution in [2.45, 2.75) is 39.2 Å². The zero-order chi connectivity index (χ0) is 20.0. The Morgan fingerprint density at radius 2 is 1.96 bits per heavy atom. The van der Waals surface area contributed by atoms with Gasteiger partial charge in [-0.1, -0.05) is 0 Å². The maximum absolute atomic E-state index is 12.6. The highest BCUT2D eigenvalue weighted by Gasteiger charge is 2.33. The van der Waals surface area contributed by atoms with Gasteiger partial charge in [0.1, 0.15) is 5.56 Å². The molecule has 0 bridgehead atoms. The van der Waals surface area contributed by atoms with Crippen LogP contribution >= 0.6 is 0 Å². The van der Waals surface area contributed by atoms with Crippen molar-refractivity contribution in [3.05, 3.63) is 27.8 Å². The molecule has 1 fully saturated rings. The number of hydrogen-bond acceptors (Lipinski definition) is 7. The number of nitro benzene ring substituents is 1. The topological polar surface area (TPSA) is 117 Å². The maximum Gasteiger partial charge on any atom is 0.308 e. The van der Waals surface area contributed by atoms with Crippen LogP contribution in [0, 0.1) is 16.0 Å². The summed E-state index contributed by atoms with van der Waals surface area (Å²) in [4.78, 5) is 35.2. The molecule has 27 heavy (non-hydrogen) atoms. The Morgan fingerprint density at radius 3 is 2.56 bits per heavy atom. The number of carbonyl (C=O) groups is 2. The lowest BCUT2D eigenvalue weighted by Gasteiger charge is -2.15. The van der Waals surface area contributed by atoms with Gasteiger partial charge >= 0.3 is 5.97 Å². The number of methoxy groups -OCH3 is 1. The number of benzene rings is 1. The fourth-order valence-corrected chi connectivity index (χ4v) is 3.16. The number of nitrogens with one attached hydrogen (secondary N) is 1. The number of amides is 1.